The molecule has 21 heavy (non-hydrogen) atoms. The third-order valence-corrected chi connectivity index (χ3v) is 3.74. The maximum atomic E-state index is 4.57. The predicted molar refractivity (Wildman–Crippen MR) is 104 cm³/mol. The Morgan fingerprint density at radius 1 is 1.38 bits per heavy atom. The first-order chi connectivity index (χ1) is 9.52. The minimum Gasteiger partial charge on any atom is -0.357 e. The van der Waals surface area contributed by atoms with Crippen molar-refractivity contribution in [3.63, 3.8) is 0 Å². The van der Waals surface area contributed by atoms with Crippen LogP contribution in [-0.4, -0.2) is 38.1 Å². The first kappa shape index (κ1) is 20.4. The molecule has 122 valence electrons. The molecule has 7 heteroatoms. The van der Waals surface area contributed by atoms with Crippen LogP contribution in [0.1, 0.15) is 32.9 Å². The SMILES string of the molecule is CCNC(=NCc1csc(N(C)C)n1)NCCC(C)C.I. The monoisotopic (exact) mass is 425 g/mol. The molecular weight excluding hydrogens is 397 g/mol. The molecule has 0 saturated carbocycles. The molecule has 1 aromatic heterocycles. The average molecular weight is 425 g/mol. The molecule has 2 N–H and O–H groups in total. The number of aliphatic imine (C=N–C) groups is 1. The molecule has 0 saturated heterocycles. The van der Waals surface area contributed by atoms with E-state index in [4.69, 9.17) is 0 Å². The van der Waals surface area contributed by atoms with E-state index in [1.54, 1.807) is 11.3 Å². The normalized spacial score (nSPS) is 11.2. The summed E-state index contributed by atoms with van der Waals surface area (Å²) in [7, 11) is 4.01. The molecule has 0 fully saturated rings. The Kier molecular flexibility index (Phi) is 10.8. The van der Waals surface area contributed by atoms with Crippen LogP contribution in [0.25, 0.3) is 0 Å². The van der Waals surface area contributed by atoms with Gasteiger partial charge >= 0.3 is 0 Å². The fourth-order valence-electron chi connectivity index (χ4n) is 1.56. The van der Waals surface area contributed by atoms with Gasteiger partial charge < -0.3 is 15.5 Å². The van der Waals surface area contributed by atoms with Gasteiger partial charge in [0.2, 0.25) is 0 Å². The largest absolute Gasteiger partial charge is 0.357 e. The number of nitrogens with zero attached hydrogens (tertiary/aromatic N) is 3. The zero-order valence-electron chi connectivity index (χ0n) is 13.6. The summed E-state index contributed by atoms with van der Waals surface area (Å²) in [5, 5.41) is 9.70. The molecule has 1 rings (SSSR count). The quantitative estimate of drug-likeness (QED) is 0.401. The van der Waals surface area contributed by atoms with E-state index in [-0.39, 0.29) is 24.0 Å². The summed E-state index contributed by atoms with van der Waals surface area (Å²) < 4.78 is 0. The zero-order valence-corrected chi connectivity index (χ0v) is 16.8. The lowest BCUT2D eigenvalue weighted by Crippen LogP contribution is -2.38. The summed E-state index contributed by atoms with van der Waals surface area (Å²) in [6, 6.07) is 0. The van der Waals surface area contributed by atoms with Gasteiger partial charge in [0.15, 0.2) is 11.1 Å². The van der Waals surface area contributed by atoms with Gasteiger partial charge in [-0.1, -0.05) is 13.8 Å². The number of halogens is 1. The van der Waals surface area contributed by atoms with Crippen LogP contribution in [0.5, 0.6) is 0 Å². The summed E-state index contributed by atoms with van der Waals surface area (Å²) in [6.07, 6.45) is 1.14. The van der Waals surface area contributed by atoms with Crippen LogP contribution in [0.4, 0.5) is 5.13 Å². The smallest absolute Gasteiger partial charge is 0.191 e. The average Bonchev–Trinajstić information content (AvgIpc) is 2.84. The molecular formula is C14H28IN5S. The number of rotatable bonds is 7. The van der Waals surface area contributed by atoms with Gasteiger partial charge in [-0.15, -0.1) is 35.3 Å². The highest BCUT2D eigenvalue weighted by Crippen LogP contribution is 2.18. The Labute approximate surface area is 149 Å². The molecule has 0 aliphatic heterocycles. The fraction of sp³-hybridized carbons (Fsp3) is 0.714. The number of anilines is 1. The summed E-state index contributed by atoms with van der Waals surface area (Å²) >= 11 is 1.65. The molecule has 0 amide bonds. The molecule has 0 atom stereocenters. The highest BCUT2D eigenvalue weighted by Gasteiger charge is 2.04. The fourth-order valence-corrected chi connectivity index (χ4v) is 2.30. The number of nitrogens with one attached hydrogen (secondary N) is 2. The lowest BCUT2D eigenvalue weighted by atomic mass is 10.1. The van der Waals surface area contributed by atoms with Crippen molar-refractivity contribution in [1.82, 2.24) is 15.6 Å². The van der Waals surface area contributed by atoms with Crippen LogP contribution in [0.2, 0.25) is 0 Å². The van der Waals surface area contributed by atoms with Crippen LogP contribution in [-0.2, 0) is 6.54 Å². The van der Waals surface area contributed by atoms with Crippen LogP contribution in [0, 0.1) is 5.92 Å². The van der Waals surface area contributed by atoms with E-state index in [1.807, 2.05) is 19.0 Å². The van der Waals surface area contributed by atoms with Gasteiger partial charge in [0.05, 0.1) is 12.2 Å². The standard InChI is InChI=1S/C14H27N5S.HI/c1-6-15-13(16-8-7-11(2)3)17-9-12-10-20-14(18-12)19(4)5;/h10-11H,6-9H2,1-5H3,(H2,15,16,17);1H. The summed E-state index contributed by atoms with van der Waals surface area (Å²) in [6.45, 7) is 8.96. The van der Waals surface area contributed by atoms with Gasteiger partial charge in [-0.2, -0.15) is 0 Å². The highest BCUT2D eigenvalue weighted by atomic mass is 127. The van der Waals surface area contributed by atoms with Gasteiger partial charge in [-0.05, 0) is 19.3 Å². The van der Waals surface area contributed by atoms with Crippen molar-refractivity contribution in [3.8, 4) is 0 Å². The molecule has 0 aliphatic rings. The van der Waals surface area contributed by atoms with Gasteiger partial charge in [0.1, 0.15) is 0 Å². The van der Waals surface area contributed by atoms with Crippen molar-refractivity contribution >= 4 is 46.4 Å². The van der Waals surface area contributed by atoms with Gasteiger partial charge in [0, 0.05) is 32.6 Å². The Bertz CT molecular complexity index is 417. The maximum Gasteiger partial charge on any atom is 0.191 e. The summed E-state index contributed by atoms with van der Waals surface area (Å²) in [4.78, 5) is 11.1. The van der Waals surface area contributed by atoms with E-state index >= 15 is 0 Å². The van der Waals surface area contributed by atoms with Gasteiger partial charge in [-0.3, -0.25) is 0 Å². The van der Waals surface area contributed by atoms with Crippen molar-refractivity contribution in [1.29, 1.82) is 0 Å². The molecule has 0 spiro atoms. The van der Waals surface area contributed by atoms with E-state index in [9.17, 15) is 0 Å². The van der Waals surface area contributed by atoms with E-state index in [0.29, 0.717) is 12.5 Å². The second kappa shape index (κ2) is 11.1. The van der Waals surface area contributed by atoms with Crippen LogP contribution >= 0.6 is 35.3 Å². The molecule has 5 nitrogen and oxygen atoms in total. The molecule has 1 heterocycles. The van der Waals surface area contributed by atoms with Crippen molar-refractivity contribution < 1.29 is 0 Å². The Morgan fingerprint density at radius 3 is 2.62 bits per heavy atom. The molecule has 0 unspecified atom stereocenters. The molecule has 0 radical (unpaired) electrons. The topological polar surface area (TPSA) is 52.6 Å². The van der Waals surface area contributed by atoms with E-state index in [0.717, 1.165) is 36.3 Å². The van der Waals surface area contributed by atoms with E-state index < -0.39 is 0 Å². The Morgan fingerprint density at radius 2 is 2.10 bits per heavy atom. The zero-order chi connectivity index (χ0) is 15.0. The van der Waals surface area contributed by atoms with Crippen molar-refractivity contribution in [3.05, 3.63) is 11.1 Å². The minimum absolute atomic E-state index is 0. The lowest BCUT2D eigenvalue weighted by molar-refractivity contribution is 0.573. The van der Waals surface area contributed by atoms with Crippen molar-refractivity contribution in [2.75, 3.05) is 32.1 Å². The van der Waals surface area contributed by atoms with Gasteiger partial charge in [0.25, 0.3) is 0 Å². The number of hydrogen-bond acceptors (Lipinski definition) is 4. The highest BCUT2D eigenvalue weighted by molar-refractivity contribution is 14.0. The van der Waals surface area contributed by atoms with Crippen molar-refractivity contribution in [2.45, 2.75) is 33.7 Å². The predicted octanol–water partition coefficient (Wildman–Crippen LogP) is 2.93. The second-order valence-electron chi connectivity index (χ2n) is 5.32. The molecule has 0 aliphatic carbocycles. The molecule has 1 aromatic rings. The first-order valence-corrected chi connectivity index (χ1v) is 8.04. The minimum atomic E-state index is 0. The number of guanidine groups is 1. The molecule has 0 bridgehead atoms. The first-order valence-electron chi connectivity index (χ1n) is 7.16. The summed E-state index contributed by atoms with van der Waals surface area (Å²) in [5.41, 5.74) is 1.01. The van der Waals surface area contributed by atoms with E-state index in [1.165, 1.54) is 0 Å². The maximum absolute atomic E-state index is 4.57. The third-order valence-electron chi connectivity index (χ3n) is 2.68. The van der Waals surface area contributed by atoms with Gasteiger partial charge in [-0.25, -0.2) is 9.98 Å². The number of thiazole rings is 1. The number of hydrogen-bond donors (Lipinski definition) is 2. The van der Waals surface area contributed by atoms with Crippen LogP contribution in [0.15, 0.2) is 10.4 Å². The van der Waals surface area contributed by atoms with Crippen LogP contribution in [0.3, 0.4) is 0 Å². The Balaban J connectivity index is 0.00000400. The lowest BCUT2D eigenvalue weighted by Gasteiger charge is -2.12. The van der Waals surface area contributed by atoms with Crippen molar-refractivity contribution in [2.24, 2.45) is 10.9 Å². The molecule has 0 aromatic carbocycles. The Hall–Kier alpha value is -0.570. The third kappa shape index (κ3) is 8.45. The van der Waals surface area contributed by atoms with E-state index in [2.05, 4.69) is 46.8 Å². The second-order valence-corrected chi connectivity index (χ2v) is 6.16. The number of aromatic nitrogens is 1. The van der Waals surface area contributed by atoms with Crippen LogP contribution < -0.4 is 15.5 Å². The summed E-state index contributed by atoms with van der Waals surface area (Å²) in [5.74, 6) is 1.57.